The van der Waals surface area contributed by atoms with Gasteiger partial charge < -0.3 is 20.1 Å². The zero-order valence-electron chi connectivity index (χ0n) is 12.3. The fourth-order valence-corrected chi connectivity index (χ4v) is 1.50. The van der Waals surface area contributed by atoms with E-state index in [0.29, 0.717) is 31.1 Å². The predicted molar refractivity (Wildman–Crippen MR) is 80.5 cm³/mol. The molecule has 0 unspecified atom stereocenters. The van der Waals surface area contributed by atoms with Crippen LogP contribution in [0.25, 0.3) is 0 Å². The molecule has 7 heteroatoms. The van der Waals surface area contributed by atoms with E-state index in [2.05, 4.69) is 16.0 Å². The van der Waals surface area contributed by atoms with Crippen molar-refractivity contribution < 1.29 is 19.1 Å². The molecule has 0 fully saturated rings. The van der Waals surface area contributed by atoms with Crippen molar-refractivity contribution in [3.63, 3.8) is 0 Å². The van der Waals surface area contributed by atoms with Crippen molar-refractivity contribution in [2.24, 2.45) is 0 Å². The van der Waals surface area contributed by atoms with Gasteiger partial charge in [0.2, 0.25) is 5.91 Å². The van der Waals surface area contributed by atoms with Crippen LogP contribution in [-0.4, -0.2) is 45.4 Å². The van der Waals surface area contributed by atoms with Gasteiger partial charge in [-0.3, -0.25) is 10.1 Å². The second-order valence-electron chi connectivity index (χ2n) is 4.14. The number of anilines is 2. The van der Waals surface area contributed by atoms with Crippen molar-refractivity contribution in [1.29, 1.82) is 0 Å². The van der Waals surface area contributed by atoms with Crippen LogP contribution >= 0.6 is 0 Å². The number of amides is 2. The molecule has 2 amide bonds. The second-order valence-corrected chi connectivity index (χ2v) is 4.14. The molecule has 0 saturated heterocycles. The number of rotatable bonds is 8. The van der Waals surface area contributed by atoms with E-state index in [1.807, 2.05) is 0 Å². The third kappa shape index (κ3) is 7.28. The highest BCUT2D eigenvalue weighted by molar-refractivity contribution is 5.92. The number of carbonyl (C=O) groups is 2. The normalized spacial score (nSPS) is 10.0. The van der Waals surface area contributed by atoms with Gasteiger partial charge in [0.1, 0.15) is 0 Å². The molecule has 0 aliphatic heterocycles. The summed E-state index contributed by atoms with van der Waals surface area (Å²) in [4.78, 5) is 22.8. The molecule has 0 aliphatic rings. The summed E-state index contributed by atoms with van der Waals surface area (Å²) in [7, 11) is 1.60. The third-order valence-corrected chi connectivity index (χ3v) is 2.46. The fraction of sp³-hybridized carbons (Fsp3) is 0.429. The Hall–Kier alpha value is -2.12. The first kappa shape index (κ1) is 16.9. The van der Waals surface area contributed by atoms with Crippen molar-refractivity contribution in [3.8, 4) is 0 Å². The number of benzene rings is 1. The summed E-state index contributed by atoms with van der Waals surface area (Å²) in [6.45, 7) is 3.44. The molecular formula is C14H21N3O4. The first-order valence-electron chi connectivity index (χ1n) is 6.69. The zero-order valence-corrected chi connectivity index (χ0v) is 12.3. The number of hydrogen-bond acceptors (Lipinski definition) is 5. The standard InChI is InChI=1S/C14H21N3O4/c1-3-21-14(19)17-12-6-4-11(5-7-12)16-13(18)10-15-8-9-20-2/h4-7,15H,3,8-10H2,1-2H3,(H,16,18)(H,17,19). The Morgan fingerprint density at radius 3 is 2.29 bits per heavy atom. The topological polar surface area (TPSA) is 88.7 Å². The van der Waals surface area contributed by atoms with Crippen molar-refractivity contribution in [2.45, 2.75) is 6.92 Å². The SMILES string of the molecule is CCOC(=O)Nc1ccc(NC(=O)CNCCOC)cc1. The van der Waals surface area contributed by atoms with Crippen molar-refractivity contribution in [2.75, 3.05) is 44.0 Å². The van der Waals surface area contributed by atoms with Crippen molar-refractivity contribution in [1.82, 2.24) is 5.32 Å². The first-order valence-corrected chi connectivity index (χ1v) is 6.69. The molecule has 0 radical (unpaired) electrons. The molecule has 7 nitrogen and oxygen atoms in total. The Morgan fingerprint density at radius 1 is 1.10 bits per heavy atom. The lowest BCUT2D eigenvalue weighted by atomic mass is 10.3. The Morgan fingerprint density at radius 2 is 1.71 bits per heavy atom. The molecule has 1 rings (SSSR count). The largest absolute Gasteiger partial charge is 0.450 e. The first-order chi connectivity index (χ1) is 10.2. The number of hydrogen-bond donors (Lipinski definition) is 3. The molecule has 0 heterocycles. The Bertz CT molecular complexity index is 448. The summed E-state index contributed by atoms with van der Waals surface area (Å²) in [5, 5.41) is 8.26. The number of ether oxygens (including phenoxy) is 2. The molecule has 0 bridgehead atoms. The Labute approximate surface area is 124 Å². The van der Waals surface area contributed by atoms with Crippen LogP contribution in [0.1, 0.15) is 6.92 Å². The minimum absolute atomic E-state index is 0.141. The van der Waals surface area contributed by atoms with E-state index < -0.39 is 6.09 Å². The van der Waals surface area contributed by atoms with E-state index in [1.165, 1.54) is 0 Å². The van der Waals surface area contributed by atoms with Gasteiger partial charge in [0.15, 0.2) is 0 Å². The van der Waals surface area contributed by atoms with Crippen molar-refractivity contribution in [3.05, 3.63) is 24.3 Å². The molecule has 3 N–H and O–H groups in total. The quantitative estimate of drug-likeness (QED) is 0.631. The molecule has 116 valence electrons. The molecule has 0 spiro atoms. The Balaban J connectivity index is 2.36. The van der Waals surface area contributed by atoms with Crippen LogP contribution in [-0.2, 0) is 14.3 Å². The Kier molecular flexibility index (Phi) is 7.85. The summed E-state index contributed by atoms with van der Waals surface area (Å²) in [6.07, 6.45) is -0.503. The molecular weight excluding hydrogens is 274 g/mol. The van der Waals surface area contributed by atoms with Gasteiger partial charge in [-0.15, -0.1) is 0 Å². The minimum Gasteiger partial charge on any atom is -0.450 e. The van der Waals surface area contributed by atoms with Gasteiger partial charge in [0, 0.05) is 25.0 Å². The average molecular weight is 295 g/mol. The van der Waals surface area contributed by atoms with E-state index in [1.54, 1.807) is 38.3 Å². The average Bonchev–Trinajstić information content (AvgIpc) is 2.46. The number of nitrogens with one attached hydrogen (secondary N) is 3. The van der Waals surface area contributed by atoms with E-state index in [0.717, 1.165) is 0 Å². The lowest BCUT2D eigenvalue weighted by Gasteiger charge is -2.08. The van der Waals surface area contributed by atoms with Gasteiger partial charge in [-0.2, -0.15) is 0 Å². The smallest absolute Gasteiger partial charge is 0.411 e. The van der Waals surface area contributed by atoms with Crippen LogP contribution in [0.15, 0.2) is 24.3 Å². The summed E-state index contributed by atoms with van der Waals surface area (Å²) < 4.78 is 9.63. The van der Waals surface area contributed by atoms with Crippen molar-refractivity contribution >= 4 is 23.4 Å². The highest BCUT2D eigenvalue weighted by atomic mass is 16.5. The van der Waals surface area contributed by atoms with Crippen LogP contribution in [0, 0.1) is 0 Å². The lowest BCUT2D eigenvalue weighted by molar-refractivity contribution is -0.115. The maximum absolute atomic E-state index is 11.6. The molecule has 0 aliphatic carbocycles. The number of carbonyl (C=O) groups excluding carboxylic acids is 2. The van der Waals surface area contributed by atoms with Gasteiger partial charge >= 0.3 is 6.09 Å². The zero-order chi connectivity index (χ0) is 15.5. The number of methoxy groups -OCH3 is 1. The van der Waals surface area contributed by atoms with Gasteiger partial charge in [-0.1, -0.05) is 0 Å². The maximum atomic E-state index is 11.6. The van der Waals surface area contributed by atoms with Crippen LogP contribution in [0.2, 0.25) is 0 Å². The minimum atomic E-state index is -0.503. The van der Waals surface area contributed by atoms with E-state index in [4.69, 9.17) is 9.47 Å². The molecule has 0 saturated carbocycles. The summed E-state index contributed by atoms with van der Waals surface area (Å²) in [5.74, 6) is -0.141. The lowest BCUT2D eigenvalue weighted by Crippen LogP contribution is -2.30. The molecule has 0 atom stereocenters. The van der Waals surface area contributed by atoms with Crippen LogP contribution in [0.5, 0.6) is 0 Å². The predicted octanol–water partition coefficient (Wildman–Crippen LogP) is 1.43. The van der Waals surface area contributed by atoms with E-state index >= 15 is 0 Å². The second kappa shape index (κ2) is 9.73. The van der Waals surface area contributed by atoms with Crippen LogP contribution in [0.4, 0.5) is 16.2 Å². The molecule has 1 aromatic rings. The summed E-state index contributed by atoms with van der Waals surface area (Å²) in [5.41, 5.74) is 1.26. The summed E-state index contributed by atoms with van der Waals surface area (Å²) >= 11 is 0. The molecule has 0 aromatic heterocycles. The fourth-order valence-electron chi connectivity index (χ4n) is 1.50. The van der Waals surface area contributed by atoms with Gasteiger partial charge in [-0.25, -0.2) is 4.79 Å². The highest BCUT2D eigenvalue weighted by Crippen LogP contribution is 2.13. The monoisotopic (exact) mass is 295 g/mol. The third-order valence-electron chi connectivity index (χ3n) is 2.46. The van der Waals surface area contributed by atoms with Crippen LogP contribution < -0.4 is 16.0 Å². The van der Waals surface area contributed by atoms with Gasteiger partial charge in [0.25, 0.3) is 0 Å². The summed E-state index contributed by atoms with van der Waals surface area (Å²) in [6, 6.07) is 6.78. The van der Waals surface area contributed by atoms with E-state index in [9.17, 15) is 9.59 Å². The highest BCUT2D eigenvalue weighted by Gasteiger charge is 2.04. The maximum Gasteiger partial charge on any atom is 0.411 e. The van der Waals surface area contributed by atoms with E-state index in [-0.39, 0.29) is 12.5 Å². The van der Waals surface area contributed by atoms with Gasteiger partial charge in [0.05, 0.1) is 19.8 Å². The van der Waals surface area contributed by atoms with Crippen LogP contribution in [0.3, 0.4) is 0 Å². The van der Waals surface area contributed by atoms with Gasteiger partial charge in [-0.05, 0) is 31.2 Å². The molecule has 1 aromatic carbocycles. The molecule has 21 heavy (non-hydrogen) atoms.